The monoisotopic (exact) mass is 349 g/mol. The zero-order valence-corrected chi connectivity index (χ0v) is 14.1. The van der Waals surface area contributed by atoms with E-state index in [2.05, 4.69) is 16.0 Å². The zero-order chi connectivity index (χ0) is 16.7. The molecule has 1 rings (SSSR count). The van der Waals surface area contributed by atoms with Crippen molar-refractivity contribution in [2.45, 2.75) is 32.4 Å². The molecule has 0 spiro atoms. The molecule has 0 bridgehead atoms. The van der Waals surface area contributed by atoms with E-state index >= 15 is 0 Å². The van der Waals surface area contributed by atoms with E-state index in [0.29, 0.717) is 6.54 Å². The van der Waals surface area contributed by atoms with Crippen molar-refractivity contribution >= 4 is 24.2 Å². The van der Waals surface area contributed by atoms with E-state index in [-0.39, 0.29) is 30.4 Å². The number of nitrogens with one attached hydrogen (secondary N) is 3. The summed E-state index contributed by atoms with van der Waals surface area (Å²) in [6, 6.07) is 2.42. The SMILES string of the molecule is CNC(C)CNC(=O)CC(NC(C)=O)c1c(F)cccc1F.Cl. The first-order valence-corrected chi connectivity index (χ1v) is 7.00. The summed E-state index contributed by atoms with van der Waals surface area (Å²) in [6.45, 7) is 3.48. The largest absolute Gasteiger partial charge is 0.354 e. The number of amides is 2. The Balaban J connectivity index is 0.00000484. The summed E-state index contributed by atoms with van der Waals surface area (Å²) in [4.78, 5) is 23.2. The molecule has 5 nitrogen and oxygen atoms in total. The highest BCUT2D eigenvalue weighted by molar-refractivity contribution is 5.85. The molecule has 2 atom stereocenters. The highest BCUT2D eigenvalue weighted by atomic mass is 35.5. The topological polar surface area (TPSA) is 70.2 Å². The lowest BCUT2D eigenvalue weighted by molar-refractivity contribution is -0.122. The molecule has 0 radical (unpaired) electrons. The molecular weight excluding hydrogens is 328 g/mol. The summed E-state index contributed by atoms with van der Waals surface area (Å²) in [6.07, 6.45) is -0.242. The molecule has 2 amide bonds. The minimum absolute atomic E-state index is 0. The number of rotatable bonds is 7. The maximum absolute atomic E-state index is 13.8. The lowest BCUT2D eigenvalue weighted by Crippen LogP contribution is -2.39. The van der Waals surface area contributed by atoms with E-state index in [0.717, 1.165) is 12.1 Å². The van der Waals surface area contributed by atoms with Crippen LogP contribution < -0.4 is 16.0 Å². The fourth-order valence-electron chi connectivity index (χ4n) is 1.94. The number of hydrogen-bond donors (Lipinski definition) is 3. The first-order chi connectivity index (χ1) is 10.3. The molecule has 0 fully saturated rings. The number of carbonyl (C=O) groups excluding carboxylic acids is 2. The summed E-state index contributed by atoms with van der Waals surface area (Å²) in [5.41, 5.74) is -0.311. The summed E-state index contributed by atoms with van der Waals surface area (Å²) in [7, 11) is 1.76. The van der Waals surface area contributed by atoms with Crippen molar-refractivity contribution in [3.05, 3.63) is 35.4 Å². The van der Waals surface area contributed by atoms with Gasteiger partial charge in [-0.05, 0) is 26.1 Å². The maximum atomic E-state index is 13.8. The van der Waals surface area contributed by atoms with Crippen molar-refractivity contribution in [2.75, 3.05) is 13.6 Å². The fourth-order valence-corrected chi connectivity index (χ4v) is 1.94. The number of benzene rings is 1. The third-order valence-electron chi connectivity index (χ3n) is 3.21. The second-order valence-corrected chi connectivity index (χ2v) is 5.09. The average molecular weight is 350 g/mol. The molecule has 130 valence electrons. The second-order valence-electron chi connectivity index (χ2n) is 5.09. The van der Waals surface area contributed by atoms with Crippen LogP contribution >= 0.6 is 12.4 Å². The molecule has 0 aliphatic heterocycles. The van der Waals surface area contributed by atoms with Crippen LogP contribution in [-0.4, -0.2) is 31.4 Å². The quantitative estimate of drug-likeness (QED) is 0.701. The van der Waals surface area contributed by atoms with Gasteiger partial charge in [0.15, 0.2) is 0 Å². The van der Waals surface area contributed by atoms with Crippen molar-refractivity contribution in [1.82, 2.24) is 16.0 Å². The van der Waals surface area contributed by atoms with Crippen molar-refractivity contribution in [2.24, 2.45) is 0 Å². The van der Waals surface area contributed by atoms with Gasteiger partial charge in [0, 0.05) is 25.1 Å². The van der Waals surface area contributed by atoms with Gasteiger partial charge in [-0.1, -0.05) is 6.07 Å². The summed E-state index contributed by atoms with van der Waals surface area (Å²) >= 11 is 0. The van der Waals surface area contributed by atoms with Gasteiger partial charge < -0.3 is 16.0 Å². The van der Waals surface area contributed by atoms with E-state index < -0.39 is 29.5 Å². The Kier molecular flexibility index (Phi) is 9.36. The molecule has 1 aromatic rings. The van der Waals surface area contributed by atoms with Gasteiger partial charge >= 0.3 is 0 Å². The number of carbonyl (C=O) groups is 2. The standard InChI is InChI=1S/C15H21F2N3O2.ClH/c1-9(18-3)8-19-14(22)7-13(20-10(2)21)15-11(16)5-4-6-12(15)17;/h4-6,9,13,18H,7-8H2,1-3H3,(H,19,22)(H,20,21);1H. The van der Waals surface area contributed by atoms with Gasteiger partial charge in [0.1, 0.15) is 11.6 Å². The predicted octanol–water partition coefficient (Wildman–Crippen LogP) is 1.68. The predicted molar refractivity (Wildman–Crippen MR) is 86.3 cm³/mol. The van der Waals surface area contributed by atoms with Crippen LogP contribution in [0.15, 0.2) is 18.2 Å². The van der Waals surface area contributed by atoms with Crippen molar-refractivity contribution < 1.29 is 18.4 Å². The number of hydrogen-bond acceptors (Lipinski definition) is 3. The van der Waals surface area contributed by atoms with E-state index in [1.54, 1.807) is 7.05 Å². The van der Waals surface area contributed by atoms with Crippen LogP contribution in [0.1, 0.15) is 31.9 Å². The van der Waals surface area contributed by atoms with Crippen molar-refractivity contribution in [3.8, 4) is 0 Å². The fraction of sp³-hybridized carbons (Fsp3) is 0.467. The third-order valence-corrected chi connectivity index (χ3v) is 3.21. The first kappa shape index (κ1) is 21.3. The van der Waals surface area contributed by atoms with E-state index in [1.165, 1.54) is 13.0 Å². The molecule has 3 N–H and O–H groups in total. The lowest BCUT2D eigenvalue weighted by Gasteiger charge is -2.20. The molecule has 2 unspecified atom stereocenters. The zero-order valence-electron chi connectivity index (χ0n) is 13.3. The Morgan fingerprint density at radius 3 is 2.26 bits per heavy atom. The van der Waals surface area contributed by atoms with Crippen LogP contribution in [0.4, 0.5) is 8.78 Å². The lowest BCUT2D eigenvalue weighted by atomic mass is 10.0. The highest BCUT2D eigenvalue weighted by Crippen LogP contribution is 2.23. The smallest absolute Gasteiger partial charge is 0.222 e. The molecule has 1 aromatic carbocycles. The molecule has 8 heteroatoms. The van der Waals surface area contributed by atoms with Gasteiger partial charge in [-0.15, -0.1) is 12.4 Å². The van der Waals surface area contributed by atoms with E-state index in [1.807, 2.05) is 6.92 Å². The molecule has 0 aliphatic carbocycles. The van der Waals surface area contributed by atoms with Gasteiger partial charge in [-0.2, -0.15) is 0 Å². The number of likely N-dealkylation sites (N-methyl/N-ethyl adjacent to an activating group) is 1. The van der Waals surface area contributed by atoms with Crippen LogP contribution in [0.3, 0.4) is 0 Å². The Morgan fingerprint density at radius 2 is 1.78 bits per heavy atom. The van der Waals surface area contributed by atoms with Crippen LogP contribution in [0.5, 0.6) is 0 Å². The molecule has 0 aliphatic rings. The Labute approximate surface area is 140 Å². The van der Waals surface area contributed by atoms with Gasteiger partial charge in [0.25, 0.3) is 0 Å². The minimum atomic E-state index is -1.05. The van der Waals surface area contributed by atoms with Gasteiger partial charge in [-0.25, -0.2) is 8.78 Å². The Bertz CT molecular complexity index is 523. The molecular formula is C15H22ClF2N3O2. The normalized spacial score (nSPS) is 12.7. The first-order valence-electron chi connectivity index (χ1n) is 7.00. The van der Waals surface area contributed by atoms with Crippen LogP contribution in [0.25, 0.3) is 0 Å². The van der Waals surface area contributed by atoms with Crippen LogP contribution in [-0.2, 0) is 9.59 Å². The van der Waals surface area contributed by atoms with E-state index in [9.17, 15) is 18.4 Å². The molecule has 0 heterocycles. The van der Waals surface area contributed by atoms with Crippen LogP contribution in [0, 0.1) is 11.6 Å². The highest BCUT2D eigenvalue weighted by Gasteiger charge is 2.23. The summed E-state index contributed by atoms with van der Waals surface area (Å²) in [5, 5.41) is 8.01. The Morgan fingerprint density at radius 1 is 1.22 bits per heavy atom. The van der Waals surface area contributed by atoms with Gasteiger partial charge in [0.05, 0.1) is 12.5 Å². The third kappa shape index (κ3) is 6.92. The number of halogens is 3. The maximum Gasteiger partial charge on any atom is 0.222 e. The van der Waals surface area contributed by atoms with Crippen molar-refractivity contribution in [1.29, 1.82) is 0 Å². The van der Waals surface area contributed by atoms with Crippen molar-refractivity contribution in [3.63, 3.8) is 0 Å². The van der Waals surface area contributed by atoms with Gasteiger partial charge in [-0.3, -0.25) is 9.59 Å². The average Bonchev–Trinajstić information content (AvgIpc) is 2.43. The van der Waals surface area contributed by atoms with E-state index in [4.69, 9.17) is 0 Å². The molecule has 0 saturated heterocycles. The molecule has 23 heavy (non-hydrogen) atoms. The minimum Gasteiger partial charge on any atom is -0.354 e. The summed E-state index contributed by atoms with van der Waals surface area (Å²) in [5.74, 6) is -2.46. The summed E-state index contributed by atoms with van der Waals surface area (Å²) < 4.78 is 27.7. The molecule has 0 saturated carbocycles. The molecule has 0 aromatic heterocycles. The Hall–Kier alpha value is -1.73. The van der Waals surface area contributed by atoms with Crippen LogP contribution in [0.2, 0.25) is 0 Å². The second kappa shape index (κ2) is 10.1. The van der Waals surface area contributed by atoms with Gasteiger partial charge in [0.2, 0.25) is 11.8 Å².